The van der Waals surface area contributed by atoms with Crippen LogP contribution < -0.4 is 0 Å². The smallest absolute Gasteiger partial charge is 0.347 e. The Labute approximate surface area is 94.9 Å². The van der Waals surface area contributed by atoms with Gasteiger partial charge in [0, 0.05) is 0 Å². The lowest BCUT2D eigenvalue weighted by atomic mass is 10.1. The minimum atomic E-state index is -0.441. The molecular formula is C12H16O4. The molecule has 0 N–H and O–H groups in total. The summed E-state index contributed by atoms with van der Waals surface area (Å²) < 4.78 is 15.6. The lowest BCUT2D eigenvalue weighted by Crippen LogP contribution is -2.30. The third-order valence-electron chi connectivity index (χ3n) is 2.63. The molecule has 0 spiro atoms. The molecule has 0 aromatic rings. The predicted molar refractivity (Wildman–Crippen MR) is 57.5 cm³/mol. The van der Waals surface area contributed by atoms with E-state index in [0.717, 1.165) is 19.3 Å². The van der Waals surface area contributed by atoms with Crippen LogP contribution in [0.5, 0.6) is 0 Å². The largest absolute Gasteiger partial charge is 0.495 e. The second kappa shape index (κ2) is 5.58. The predicted octanol–water partition coefficient (Wildman–Crippen LogP) is 1.92. The van der Waals surface area contributed by atoms with Gasteiger partial charge < -0.3 is 14.2 Å². The maximum absolute atomic E-state index is 11.6. The van der Waals surface area contributed by atoms with Gasteiger partial charge in [0.15, 0.2) is 6.10 Å². The number of esters is 1. The zero-order valence-corrected chi connectivity index (χ0v) is 9.13. The van der Waals surface area contributed by atoms with Crippen molar-refractivity contribution in [3.05, 3.63) is 24.7 Å². The number of ether oxygens (including phenoxy) is 3. The molecule has 2 aliphatic rings. The Bertz CT molecular complexity index is 295. The number of rotatable bonds is 3. The van der Waals surface area contributed by atoms with Gasteiger partial charge in [-0.05, 0) is 37.8 Å². The van der Waals surface area contributed by atoms with E-state index < -0.39 is 6.10 Å². The van der Waals surface area contributed by atoms with Crippen LogP contribution in [0.15, 0.2) is 24.7 Å². The van der Waals surface area contributed by atoms with E-state index >= 15 is 0 Å². The van der Waals surface area contributed by atoms with Crippen LogP contribution >= 0.6 is 0 Å². The van der Waals surface area contributed by atoms with Gasteiger partial charge in [0.05, 0.1) is 12.5 Å². The first-order valence-corrected chi connectivity index (χ1v) is 5.64. The van der Waals surface area contributed by atoms with E-state index in [2.05, 4.69) is 0 Å². The molecular weight excluding hydrogens is 208 g/mol. The second-order valence-corrected chi connectivity index (χ2v) is 3.91. The van der Waals surface area contributed by atoms with Crippen molar-refractivity contribution in [1.82, 2.24) is 0 Å². The van der Waals surface area contributed by atoms with Gasteiger partial charge in [-0.1, -0.05) is 0 Å². The van der Waals surface area contributed by atoms with E-state index in [-0.39, 0.29) is 12.1 Å². The molecule has 2 atom stereocenters. The average Bonchev–Trinajstić information content (AvgIpc) is 2.38. The molecule has 0 bridgehead atoms. The summed E-state index contributed by atoms with van der Waals surface area (Å²) in [6, 6.07) is 0. The van der Waals surface area contributed by atoms with E-state index in [0.29, 0.717) is 13.0 Å². The van der Waals surface area contributed by atoms with Crippen molar-refractivity contribution in [2.24, 2.45) is 0 Å². The van der Waals surface area contributed by atoms with Gasteiger partial charge in [0.2, 0.25) is 0 Å². The van der Waals surface area contributed by atoms with Crippen LogP contribution in [-0.4, -0.2) is 24.8 Å². The Hall–Kier alpha value is -1.45. The van der Waals surface area contributed by atoms with Crippen LogP contribution in [0.2, 0.25) is 0 Å². The summed E-state index contributed by atoms with van der Waals surface area (Å²) in [5.74, 6) is -0.289. The molecule has 0 aliphatic carbocycles. The van der Waals surface area contributed by atoms with Crippen molar-refractivity contribution in [2.75, 3.05) is 6.61 Å². The summed E-state index contributed by atoms with van der Waals surface area (Å²) in [6.07, 6.45) is 10.1. The first-order valence-electron chi connectivity index (χ1n) is 5.64. The lowest BCUT2D eigenvalue weighted by molar-refractivity contribution is -0.158. The van der Waals surface area contributed by atoms with Crippen molar-refractivity contribution in [3.8, 4) is 0 Å². The van der Waals surface area contributed by atoms with E-state index in [1.807, 2.05) is 12.2 Å². The fraction of sp³-hybridized carbons (Fsp3) is 0.583. The maximum atomic E-state index is 11.6. The summed E-state index contributed by atoms with van der Waals surface area (Å²) in [5, 5.41) is 0. The monoisotopic (exact) mass is 224 g/mol. The molecule has 0 aromatic heterocycles. The quantitative estimate of drug-likeness (QED) is 0.687. The Morgan fingerprint density at radius 3 is 2.56 bits per heavy atom. The molecule has 2 heterocycles. The molecule has 0 amide bonds. The van der Waals surface area contributed by atoms with Crippen molar-refractivity contribution in [2.45, 2.75) is 37.9 Å². The zero-order valence-electron chi connectivity index (χ0n) is 9.13. The van der Waals surface area contributed by atoms with Crippen molar-refractivity contribution in [3.63, 3.8) is 0 Å². The highest BCUT2D eigenvalue weighted by Crippen LogP contribution is 2.14. The number of hydrogen-bond acceptors (Lipinski definition) is 4. The molecule has 0 saturated heterocycles. The zero-order chi connectivity index (χ0) is 11.2. The van der Waals surface area contributed by atoms with Crippen LogP contribution in [-0.2, 0) is 19.0 Å². The molecule has 4 nitrogen and oxygen atoms in total. The minimum Gasteiger partial charge on any atom is -0.495 e. The third kappa shape index (κ3) is 3.02. The van der Waals surface area contributed by atoms with Gasteiger partial charge in [0.1, 0.15) is 12.7 Å². The number of hydrogen-bond donors (Lipinski definition) is 0. The van der Waals surface area contributed by atoms with Crippen molar-refractivity contribution in [1.29, 1.82) is 0 Å². The summed E-state index contributed by atoms with van der Waals surface area (Å²) in [7, 11) is 0. The van der Waals surface area contributed by atoms with Gasteiger partial charge in [-0.25, -0.2) is 4.79 Å². The average molecular weight is 224 g/mol. The minimum absolute atomic E-state index is 0.00640. The number of carbonyl (C=O) groups is 1. The molecule has 4 heteroatoms. The summed E-state index contributed by atoms with van der Waals surface area (Å²) >= 11 is 0. The van der Waals surface area contributed by atoms with E-state index in [4.69, 9.17) is 14.2 Å². The molecule has 0 aromatic carbocycles. The number of carbonyl (C=O) groups excluding carboxylic acids is 1. The highest BCUT2D eigenvalue weighted by molar-refractivity contribution is 5.74. The molecule has 16 heavy (non-hydrogen) atoms. The van der Waals surface area contributed by atoms with Gasteiger partial charge in [-0.3, -0.25) is 0 Å². The van der Waals surface area contributed by atoms with Gasteiger partial charge in [-0.2, -0.15) is 0 Å². The first-order chi connectivity index (χ1) is 7.86. The normalized spacial score (nSPS) is 28.0. The fourth-order valence-corrected chi connectivity index (χ4v) is 1.68. The fourth-order valence-electron chi connectivity index (χ4n) is 1.68. The summed E-state index contributed by atoms with van der Waals surface area (Å²) in [4.78, 5) is 11.6. The first kappa shape index (κ1) is 11.0. The second-order valence-electron chi connectivity index (χ2n) is 3.91. The van der Waals surface area contributed by atoms with Crippen LogP contribution in [0.1, 0.15) is 25.7 Å². The lowest BCUT2D eigenvalue weighted by Gasteiger charge is -2.22. The summed E-state index contributed by atoms with van der Waals surface area (Å²) in [5.41, 5.74) is 0. The van der Waals surface area contributed by atoms with Gasteiger partial charge in [0.25, 0.3) is 0 Å². The molecule has 0 radical (unpaired) electrons. The van der Waals surface area contributed by atoms with Gasteiger partial charge in [-0.15, -0.1) is 0 Å². The topological polar surface area (TPSA) is 44.8 Å². The molecule has 2 aliphatic heterocycles. The van der Waals surface area contributed by atoms with Crippen molar-refractivity contribution < 1.29 is 19.0 Å². The Morgan fingerprint density at radius 2 is 1.94 bits per heavy atom. The van der Waals surface area contributed by atoms with Crippen molar-refractivity contribution >= 4 is 5.97 Å². The van der Waals surface area contributed by atoms with E-state index in [1.165, 1.54) is 0 Å². The Kier molecular flexibility index (Phi) is 3.86. The third-order valence-corrected chi connectivity index (χ3v) is 2.63. The molecule has 0 saturated carbocycles. The highest BCUT2D eigenvalue weighted by atomic mass is 16.6. The highest BCUT2D eigenvalue weighted by Gasteiger charge is 2.23. The Balaban J connectivity index is 1.70. The van der Waals surface area contributed by atoms with E-state index in [1.54, 1.807) is 12.5 Å². The molecule has 88 valence electrons. The molecule has 0 unspecified atom stereocenters. The Morgan fingerprint density at radius 1 is 1.19 bits per heavy atom. The van der Waals surface area contributed by atoms with Crippen LogP contribution in [0, 0.1) is 0 Å². The SMILES string of the molecule is O=C(OC[C@@H]1CCC=CO1)[C@@H]1CCC=CO1. The number of allylic oxidation sites excluding steroid dienone is 2. The summed E-state index contributed by atoms with van der Waals surface area (Å²) in [6.45, 7) is 0.312. The van der Waals surface area contributed by atoms with Crippen LogP contribution in [0.3, 0.4) is 0 Å². The standard InChI is InChI=1S/C12H16O4/c13-12(11-6-2-4-8-15-11)16-9-10-5-1-3-7-14-10/h3-4,7-8,10-11H,1-2,5-6,9H2/t10-,11-/m0/s1. The maximum Gasteiger partial charge on any atom is 0.347 e. The molecule has 0 fully saturated rings. The van der Waals surface area contributed by atoms with Gasteiger partial charge >= 0.3 is 5.97 Å². The molecule has 2 rings (SSSR count). The van der Waals surface area contributed by atoms with Crippen LogP contribution in [0.25, 0.3) is 0 Å². The van der Waals surface area contributed by atoms with Crippen LogP contribution in [0.4, 0.5) is 0 Å². The van der Waals surface area contributed by atoms with E-state index in [9.17, 15) is 4.79 Å².